The summed E-state index contributed by atoms with van der Waals surface area (Å²) in [5.41, 5.74) is -0.926. The highest BCUT2D eigenvalue weighted by Crippen LogP contribution is 2.16. The van der Waals surface area contributed by atoms with Gasteiger partial charge in [-0.1, -0.05) is 6.92 Å². The molecule has 1 amide bonds. The largest absolute Gasteiger partial charge is 0.480 e. The van der Waals surface area contributed by atoms with Gasteiger partial charge in [-0.25, -0.2) is 9.18 Å². The molecule has 0 bridgehead atoms. The zero-order valence-corrected chi connectivity index (χ0v) is 9.92. The van der Waals surface area contributed by atoms with Gasteiger partial charge < -0.3 is 10.4 Å². The minimum Gasteiger partial charge on any atom is -0.480 e. The predicted molar refractivity (Wildman–Crippen MR) is 62.2 cm³/mol. The van der Waals surface area contributed by atoms with E-state index in [-0.39, 0.29) is 6.42 Å². The Morgan fingerprint density at radius 3 is 2.58 bits per heavy atom. The van der Waals surface area contributed by atoms with Crippen LogP contribution in [-0.4, -0.2) is 27.9 Å². The van der Waals surface area contributed by atoms with E-state index < -0.39 is 39.9 Å². The smallest absolute Gasteiger partial charge is 0.326 e. The number of halogens is 1. The van der Waals surface area contributed by atoms with Crippen LogP contribution in [0.2, 0.25) is 0 Å². The number of carboxylic acid groups (broad SMARTS) is 1. The maximum Gasteiger partial charge on any atom is 0.326 e. The summed E-state index contributed by atoms with van der Waals surface area (Å²) in [5, 5.41) is 21.3. The highest BCUT2D eigenvalue weighted by Gasteiger charge is 2.21. The van der Waals surface area contributed by atoms with E-state index in [0.29, 0.717) is 6.07 Å². The third kappa shape index (κ3) is 3.47. The van der Waals surface area contributed by atoms with Crippen LogP contribution < -0.4 is 5.32 Å². The molecule has 0 aromatic heterocycles. The van der Waals surface area contributed by atoms with Gasteiger partial charge in [-0.15, -0.1) is 0 Å². The van der Waals surface area contributed by atoms with Crippen molar-refractivity contribution in [3.8, 4) is 0 Å². The highest BCUT2D eigenvalue weighted by molar-refractivity contribution is 5.97. The van der Waals surface area contributed by atoms with Gasteiger partial charge in [0, 0.05) is 6.07 Å². The Balaban J connectivity index is 2.94. The second kappa shape index (κ2) is 5.89. The van der Waals surface area contributed by atoms with Crippen molar-refractivity contribution in [2.75, 3.05) is 0 Å². The number of nitrogens with one attached hydrogen (secondary N) is 1. The molecule has 0 spiro atoms. The standard InChI is InChI=1S/C11H11FN2O5/c1-2-9(11(16)17)13-10(15)7-4-3-6(14(18)19)5-8(7)12/h3-5,9H,2H2,1H3,(H,13,15)(H,16,17)/t9-/m1/s1. The van der Waals surface area contributed by atoms with Gasteiger partial charge in [0.1, 0.15) is 11.9 Å². The Labute approximate surface area is 107 Å². The van der Waals surface area contributed by atoms with E-state index in [9.17, 15) is 24.1 Å². The lowest BCUT2D eigenvalue weighted by Gasteiger charge is -2.12. The van der Waals surface area contributed by atoms with E-state index in [4.69, 9.17) is 5.11 Å². The zero-order chi connectivity index (χ0) is 14.6. The van der Waals surface area contributed by atoms with E-state index in [2.05, 4.69) is 5.32 Å². The summed E-state index contributed by atoms with van der Waals surface area (Å²) in [6.07, 6.45) is 0.135. The van der Waals surface area contributed by atoms with Crippen molar-refractivity contribution in [2.24, 2.45) is 0 Å². The topological polar surface area (TPSA) is 110 Å². The number of hydrogen-bond donors (Lipinski definition) is 2. The molecular weight excluding hydrogens is 259 g/mol. The lowest BCUT2D eigenvalue weighted by molar-refractivity contribution is -0.385. The number of nitro benzene ring substituents is 1. The van der Waals surface area contributed by atoms with Crippen molar-refractivity contribution >= 4 is 17.6 Å². The number of hydrogen-bond acceptors (Lipinski definition) is 4. The average molecular weight is 270 g/mol. The fraction of sp³-hybridized carbons (Fsp3) is 0.273. The van der Waals surface area contributed by atoms with E-state index in [1.807, 2.05) is 0 Å². The fourth-order valence-electron chi connectivity index (χ4n) is 1.38. The van der Waals surface area contributed by atoms with Gasteiger partial charge in [0.2, 0.25) is 0 Å². The molecule has 0 saturated heterocycles. The molecule has 0 heterocycles. The van der Waals surface area contributed by atoms with E-state index in [1.165, 1.54) is 0 Å². The summed E-state index contributed by atoms with van der Waals surface area (Å²) < 4.78 is 13.5. The van der Waals surface area contributed by atoms with Crippen molar-refractivity contribution < 1.29 is 24.0 Å². The first-order valence-electron chi connectivity index (χ1n) is 5.34. The molecule has 0 fully saturated rings. The monoisotopic (exact) mass is 270 g/mol. The van der Waals surface area contributed by atoms with Crippen molar-refractivity contribution in [1.82, 2.24) is 5.32 Å². The van der Waals surface area contributed by atoms with Crippen LogP contribution in [0.5, 0.6) is 0 Å². The molecule has 0 unspecified atom stereocenters. The molecule has 19 heavy (non-hydrogen) atoms. The molecule has 2 N–H and O–H groups in total. The molecule has 0 aliphatic heterocycles. The molecule has 102 valence electrons. The van der Waals surface area contributed by atoms with Gasteiger partial charge in [0.05, 0.1) is 16.6 Å². The molecule has 1 aromatic rings. The maximum absolute atomic E-state index is 13.5. The van der Waals surface area contributed by atoms with Crippen LogP contribution >= 0.6 is 0 Å². The Kier molecular flexibility index (Phi) is 4.51. The number of rotatable bonds is 5. The van der Waals surface area contributed by atoms with Crippen LogP contribution in [0.3, 0.4) is 0 Å². The lowest BCUT2D eigenvalue weighted by Crippen LogP contribution is -2.40. The molecule has 1 atom stereocenters. The third-order valence-electron chi connectivity index (χ3n) is 2.42. The van der Waals surface area contributed by atoms with Crippen molar-refractivity contribution in [1.29, 1.82) is 0 Å². The number of non-ortho nitro benzene ring substituents is 1. The maximum atomic E-state index is 13.5. The summed E-state index contributed by atoms with van der Waals surface area (Å²) in [7, 11) is 0. The van der Waals surface area contributed by atoms with Crippen molar-refractivity contribution in [3.05, 3.63) is 39.7 Å². The van der Waals surface area contributed by atoms with Crippen LogP contribution in [0.4, 0.5) is 10.1 Å². The van der Waals surface area contributed by atoms with Crippen LogP contribution in [0, 0.1) is 15.9 Å². The summed E-state index contributed by atoms with van der Waals surface area (Å²) in [6.45, 7) is 1.55. The SMILES string of the molecule is CC[C@@H](NC(=O)c1ccc([N+](=O)[O-])cc1F)C(=O)O. The quantitative estimate of drug-likeness (QED) is 0.619. The number of carbonyl (C=O) groups excluding carboxylic acids is 1. The molecule has 0 radical (unpaired) electrons. The minimum atomic E-state index is -1.24. The number of nitrogens with zero attached hydrogens (tertiary/aromatic N) is 1. The first-order chi connectivity index (χ1) is 8.86. The normalized spacial score (nSPS) is 11.7. The number of nitro groups is 1. The zero-order valence-electron chi connectivity index (χ0n) is 9.92. The molecule has 7 nitrogen and oxygen atoms in total. The Morgan fingerprint density at radius 1 is 1.53 bits per heavy atom. The van der Waals surface area contributed by atoms with Gasteiger partial charge in [0.25, 0.3) is 11.6 Å². The average Bonchev–Trinajstić information content (AvgIpc) is 2.34. The van der Waals surface area contributed by atoms with E-state index in [1.54, 1.807) is 6.92 Å². The molecule has 1 rings (SSSR count). The van der Waals surface area contributed by atoms with E-state index in [0.717, 1.165) is 12.1 Å². The number of benzene rings is 1. The van der Waals surface area contributed by atoms with Crippen LogP contribution in [-0.2, 0) is 4.79 Å². The fourth-order valence-corrected chi connectivity index (χ4v) is 1.38. The lowest BCUT2D eigenvalue weighted by atomic mass is 10.1. The van der Waals surface area contributed by atoms with Crippen molar-refractivity contribution in [3.63, 3.8) is 0 Å². The summed E-state index contributed by atoms with van der Waals surface area (Å²) >= 11 is 0. The number of amides is 1. The molecule has 0 saturated carbocycles. The second-order valence-electron chi connectivity index (χ2n) is 3.69. The molecular formula is C11H11FN2O5. The van der Waals surface area contributed by atoms with Gasteiger partial charge in [-0.05, 0) is 12.5 Å². The molecule has 0 aliphatic rings. The number of aliphatic carboxylic acids is 1. The predicted octanol–water partition coefficient (Wildman–Crippen LogP) is 1.33. The van der Waals surface area contributed by atoms with Gasteiger partial charge in [0.15, 0.2) is 0 Å². The summed E-state index contributed by atoms with van der Waals surface area (Å²) in [6, 6.07) is 1.38. The van der Waals surface area contributed by atoms with E-state index >= 15 is 0 Å². The van der Waals surface area contributed by atoms with Gasteiger partial charge in [-0.2, -0.15) is 0 Å². The summed E-state index contributed by atoms with van der Waals surface area (Å²) in [5.74, 6) is -3.24. The van der Waals surface area contributed by atoms with Gasteiger partial charge >= 0.3 is 5.97 Å². The number of carbonyl (C=O) groups is 2. The van der Waals surface area contributed by atoms with Crippen LogP contribution in [0.15, 0.2) is 18.2 Å². The Hall–Kier alpha value is -2.51. The summed E-state index contributed by atoms with van der Waals surface area (Å²) in [4.78, 5) is 32.0. The van der Waals surface area contributed by atoms with Crippen LogP contribution in [0.1, 0.15) is 23.7 Å². The van der Waals surface area contributed by atoms with Crippen molar-refractivity contribution in [2.45, 2.75) is 19.4 Å². The number of carboxylic acids is 1. The Morgan fingerprint density at radius 2 is 2.16 bits per heavy atom. The first-order valence-corrected chi connectivity index (χ1v) is 5.34. The molecule has 8 heteroatoms. The van der Waals surface area contributed by atoms with Crippen LogP contribution in [0.25, 0.3) is 0 Å². The third-order valence-corrected chi connectivity index (χ3v) is 2.42. The molecule has 1 aromatic carbocycles. The molecule has 0 aliphatic carbocycles. The van der Waals surface area contributed by atoms with Gasteiger partial charge in [-0.3, -0.25) is 14.9 Å². The first kappa shape index (κ1) is 14.6. The minimum absolute atomic E-state index is 0.135. The highest BCUT2D eigenvalue weighted by atomic mass is 19.1. The second-order valence-corrected chi connectivity index (χ2v) is 3.69. The Bertz CT molecular complexity index is 532.